The highest BCUT2D eigenvalue weighted by atomic mass is 16.9. The van der Waals surface area contributed by atoms with Crippen molar-refractivity contribution in [3.05, 3.63) is 0 Å². The van der Waals surface area contributed by atoms with Crippen molar-refractivity contribution in [3.63, 3.8) is 0 Å². The minimum absolute atomic E-state index is 0.243. The summed E-state index contributed by atoms with van der Waals surface area (Å²) >= 11 is 0. The number of carbonyl (C=O) groups is 1. The Morgan fingerprint density at radius 1 is 1.70 bits per heavy atom. The Morgan fingerprint density at radius 2 is 2.30 bits per heavy atom. The van der Waals surface area contributed by atoms with Crippen LogP contribution in [0.2, 0.25) is 0 Å². The molecule has 1 aliphatic heterocycles. The number of hydrogen-bond acceptors (Lipinski definition) is 3. The quantitative estimate of drug-likeness (QED) is 0.262. The van der Waals surface area contributed by atoms with Crippen LogP contribution in [0.5, 0.6) is 0 Å². The van der Waals surface area contributed by atoms with Gasteiger partial charge in [-0.3, -0.25) is 0 Å². The molecule has 4 nitrogen and oxygen atoms in total. The molecule has 3 aliphatic rings. The first kappa shape index (κ1) is 5.09. The molecule has 2 N–H and O–H groups in total. The molecule has 0 spiro atoms. The molecule has 3 rings (SSSR count). The fourth-order valence-electron chi connectivity index (χ4n) is 2.08. The van der Waals surface area contributed by atoms with Gasteiger partial charge in [0.1, 0.15) is 0 Å². The number of carbonyl (C=O) groups excluding carboxylic acids is 1. The molecule has 2 aliphatic carbocycles. The third-order valence-electron chi connectivity index (χ3n) is 2.96. The predicted molar refractivity (Wildman–Crippen MR) is 29.3 cm³/mol. The van der Waals surface area contributed by atoms with Crippen LogP contribution in [0.1, 0.15) is 6.42 Å². The summed E-state index contributed by atoms with van der Waals surface area (Å²) in [4.78, 5) is 10.7. The fourth-order valence-corrected chi connectivity index (χ4v) is 2.08. The van der Waals surface area contributed by atoms with Gasteiger partial charge in [0.25, 0.3) is 0 Å². The summed E-state index contributed by atoms with van der Waals surface area (Å²) in [6, 6.07) is 0. The van der Waals surface area contributed by atoms with E-state index >= 15 is 0 Å². The largest absolute Gasteiger partial charge is 0.545 e. The van der Waals surface area contributed by atoms with Gasteiger partial charge in [0.2, 0.25) is 17.8 Å². The molecule has 54 valence electrons. The maximum Gasteiger partial charge on any atom is 0.545 e. The average molecular weight is 143 g/mol. The van der Waals surface area contributed by atoms with Crippen molar-refractivity contribution in [1.82, 2.24) is 0 Å². The van der Waals surface area contributed by atoms with E-state index in [0.29, 0.717) is 0 Å². The van der Waals surface area contributed by atoms with Gasteiger partial charge in [-0.2, -0.15) is 0 Å². The molecule has 0 bridgehead atoms. The van der Waals surface area contributed by atoms with Gasteiger partial charge in [-0.25, -0.2) is 0 Å². The van der Waals surface area contributed by atoms with Crippen molar-refractivity contribution in [2.75, 3.05) is 6.61 Å². The third-order valence-corrected chi connectivity index (χ3v) is 2.96. The van der Waals surface area contributed by atoms with Crippen LogP contribution in [0.15, 0.2) is 0 Å². The van der Waals surface area contributed by atoms with Gasteiger partial charge in [0.05, 0.1) is 6.42 Å². The summed E-state index contributed by atoms with van der Waals surface area (Å²) in [5, 5.41) is 17.4. The van der Waals surface area contributed by atoms with E-state index in [0.717, 1.165) is 6.42 Å². The highest BCUT2D eigenvalue weighted by molar-refractivity contribution is 5.86. The number of rotatable bonds is 1. The number of hydrogen-bond donors (Lipinski definition) is 2. The molecule has 0 aromatic carbocycles. The summed E-state index contributed by atoms with van der Waals surface area (Å²) in [6.45, 7) is -0.457. The zero-order chi connectivity index (χ0) is 7.15. The predicted octanol–water partition coefficient (Wildman–Crippen LogP) is -1.67. The van der Waals surface area contributed by atoms with Crippen LogP contribution in [0.4, 0.5) is 0 Å². The first-order chi connectivity index (χ1) is 4.72. The summed E-state index contributed by atoms with van der Waals surface area (Å²) in [6.07, 6.45) is 0.609. The first-order valence-corrected chi connectivity index (χ1v) is 3.28. The van der Waals surface area contributed by atoms with Crippen LogP contribution in [-0.4, -0.2) is 40.1 Å². The summed E-state index contributed by atoms with van der Waals surface area (Å²) in [5.74, 6) is -0.323. The second-order valence-electron chi connectivity index (χ2n) is 3.19. The molecule has 10 heavy (non-hydrogen) atoms. The summed E-state index contributed by atoms with van der Waals surface area (Å²) < 4.78 is 2.36. The molecule has 1 saturated heterocycles. The van der Waals surface area contributed by atoms with Gasteiger partial charge >= 0.3 is 5.97 Å². The minimum Gasteiger partial charge on any atom is -0.521 e. The Kier molecular flexibility index (Phi) is 0.466. The molecule has 3 fully saturated rings. The van der Waals surface area contributed by atoms with Crippen molar-refractivity contribution in [2.24, 2.45) is 0 Å². The van der Waals surface area contributed by atoms with Crippen molar-refractivity contribution in [3.8, 4) is 0 Å². The molecule has 0 amide bonds. The van der Waals surface area contributed by atoms with Crippen molar-refractivity contribution >= 4 is 5.97 Å². The lowest BCUT2D eigenvalue weighted by Crippen LogP contribution is -2.41. The maximum absolute atomic E-state index is 10.7. The monoisotopic (exact) mass is 143 g/mol. The van der Waals surface area contributed by atoms with Crippen LogP contribution in [0.3, 0.4) is 0 Å². The van der Waals surface area contributed by atoms with E-state index < -0.39 is 6.61 Å². The molecule has 0 radical (unpaired) electrons. The van der Waals surface area contributed by atoms with Crippen LogP contribution in [0, 0.1) is 0 Å². The van der Waals surface area contributed by atoms with Gasteiger partial charge in [0.15, 0.2) is 6.10 Å². The van der Waals surface area contributed by atoms with E-state index in [1.165, 1.54) is 0 Å². The minimum atomic E-state index is -0.457. The summed E-state index contributed by atoms with van der Waals surface area (Å²) in [7, 11) is 0. The zero-order valence-electron chi connectivity index (χ0n) is 5.20. The lowest BCUT2D eigenvalue weighted by molar-refractivity contribution is -0.221. The Labute approximate surface area is 56.7 Å². The highest BCUT2D eigenvalue weighted by Gasteiger charge is 3.22. The van der Waals surface area contributed by atoms with Gasteiger partial charge in [-0.15, -0.1) is 0 Å². The van der Waals surface area contributed by atoms with Crippen LogP contribution < -0.4 is 0 Å². The zero-order valence-corrected chi connectivity index (χ0v) is 5.20. The van der Waals surface area contributed by atoms with E-state index in [2.05, 4.69) is 4.37 Å². The highest BCUT2D eigenvalue weighted by Crippen LogP contribution is 2.96. The van der Waals surface area contributed by atoms with Gasteiger partial charge in [0, 0.05) is 4.79 Å². The van der Waals surface area contributed by atoms with E-state index in [1.54, 1.807) is 0 Å². The number of epoxide rings is 1. The molecule has 1 heterocycles. The molecule has 4 heteroatoms. The fraction of sp³-hybridized carbons (Fsp3) is 0.833. The molecule has 2 saturated carbocycles. The van der Waals surface area contributed by atoms with Crippen LogP contribution in [-0.2, 0) is 9.16 Å². The van der Waals surface area contributed by atoms with Crippen LogP contribution in [0.25, 0.3) is 0 Å². The maximum atomic E-state index is 10.7. The summed E-state index contributed by atoms with van der Waals surface area (Å²) in [5.41, 5.74) is -0.486. The Bertz CT molecular complexity index is 234. The van der Waals surface area contributed by atoms with Gasteiger partial charge < -0.3 is 14.6 Å². The molecule has 1 unspecified atom stereocenters. The molecular formula is C6H7O4+. The standard InChI is InChI=1S/C6H7O4/c7-1-3(8)10-5-2-6(5,10)4(5)9/h4,7,9H,1-2H2/q+1/t4?,5-,6+. The van der Waals surface area contributed by atoms with E-state index in [4.69, 9.17) is 10.2 Å². The third kappa shape index (κ3) is 0.205. The number of aliphatic hydroxyl groups excluding tert-OH is 2. The SMILES string of the molecule is O=C(CO)[O+]1[C@@]23C[C@@]12C3O. The second kappa shape index (κ2) is 0.914. The van der Waals surface area contributed by atoms with E-state index in [-0.39, 0.29) is 23.3 Å². The van der Waals surface area contributed by atoms with E-state index in [9.17, 15) is 4.79 Å². The molecular weight excluding hydrogens is 136 g/mol. The lowest BCUT2D eigenvalue weighted by Gasteiger charge is -2.25. The lowest BCUT2D eigenvalue weighted by atomic mass is 10.2. The Balaban J connectivity index is 1.80. The van der Waals surface area contributed by atoms with E-state index in [1.807, 2.05) is 0 Å². The normalized spacial score (nSPS) is 59.0. The van der Waals surface area contributed by atoms with Gasteiger partial charge in [-0.1, -0.05) is 0 Å². The Hall–Kier alpha value is -0.610. The number of aliphatic hydroxyl groups is 2. The average Bonchev–Trinajstić information content (AvgIpc) is 2.75. The second-order valence-corrected chi connectivity index (χ2v) is 3.19. The van der Waals surface area contributed by atoms with Gasteiger partial charge in [-0.05, 0) is 0 Å². The first-order valence-electron chi connectivity index (χ1n) is 3.28. The van der Waals surface area contributed by atoms with Crippen LogP contribution >= 0.6 is 0 Å². The Morgan fingerprint density at radius 3 is 2.60 bits per heavy atom. The van der Waals surface area contributed by atoms with Crippen molar-refractivity contribution < 1.29 is 19.4 Å². The molecule has 0 aromatic heterocycles. The van der Waals surface area contributed by atoms with Crippen molar-refractivity contribution in [1.29, 1.82) is 0 Å². The van der Waals surface area contributed by atoms with Crippen molar-refractivity contribution in [2.45, 2.75) is 23.7 Å². The molecule has 0 aromatic rings. The topological polar surface area (TPSA) is 60.2 Å². The smallest absolute Gasteiger partial charge is 0.521 e. The molecule has 3 atom stereocenters.